The molecule has 0 aliphatic heterocycles. The molecule has 9 rings (SSSR count). The Morgan fingerprint density at radius 1 is 0.419 bits per heavy atom. The quantitative estimate of drug-likeness (QED) is 0.204. The van der Waals surface area contributed by atoms with E-state index in [1.165, 1.54) is 10.8 Å². The van der Waals surface area contributed by atoms with Crippen LogP contribution in [0, 0.1) is 0 Å². The van der Waals surface area contributed by atoms with Gasteiger partial charge in [0.15, 0.2) is 5.58 Å². The summed E-state index contributed by atoms with van der Waals surface area (Å²) in [5.41, 5.74) is 7.39. The highest BCUT2D eigenvalue weighted by Gasteiger charge is 2.19. The lowest BCUT2D eigenvalue weighted by molar-refractivity contribution is 0.623. The summed E-state index contributed by atoms with van der Waals surface area (Å²) in [6, 6.07) is 50.2. The van der Waals surface area contributed by atoms with Gasteiger partial charge in [0.2, 0.25) is 5.89 Å². The Kier molecular flexibility index (Phi) is 5.16. The average Bonchev–Trinajstić information content (AvgIpc) is 3.68. The van der Waals surface area contributed by atoms with Crippen molar-refractivity contribution in [3.05, 3.63) is 146 Å². The highest BCUT2D eigenvalue weighted by atomic mass is 16.3. The van der Waals surface area contributed by atoms with Crippen LogP contribution < -0.4 is 4.90 Å². The van der Waals surface area contributed by atoms with Crippen LogP contribution in [0.25, 0.3) is 66.0 Å². The van der Waals surface area contributed by atoms with Gasteiger partial charge in [-0.1, -0.05) is 91.0 Å². The van der Waals surface area contributed by atoms with Gasteiger partial charge in [0.05, 0.1) is 0 Å². The first-order chi connectivity index (χ1) is 21.3. The molecule has 0 amide bonds. The molecule has 9 aromatic rings. The maximum Gasteiger partial charge on any atom is 0.227 e. The summed E-state index contributed by atoms with van der Waals surface area (Å²) in [5.74, 6) is 0.596. The van der Waals surface area contributed by atoms with Crippen molar-refractivity contribution in [1.29, 1.82) is 0 Å². The van der Waals surface area contributed by atoms with E-state index >= 15 is 0 Å². The first-order valence-corrected chi connectivity index (χ1v) is 14.4. The van der Waals surface area contributed by atoms with Crippen molar-refractivity contribution in [1.82, 2.24) is 4.98 Å². The first kappa shape index (κ1) is 23.8. The predicted molar refractivity (Wildman–Crippen MR) is 176 cm³/mol. The van der Waals surface area contributed by atoms with Gasteiger partial charge in [0, 0.05) is 50.2 Å². The van der Waals surface area contributed by atoms with E-state index in [2.05, 4.69) is 126 Å². The maximum absolute atomic E-state index is 6.57. The fourth-order valence-corrected chi connectivity index (χ4v) is 6.31. The molecular weight excluding hydrogens is 528 g/mol. The molecule has 0 N–H and O–H groups in total. The van der Waals surface area contributed by atoms with Gasteiger partial charge in [0.25, 0.3) is 0 Å². The highest BCUT2D eigenvalue weighted by Crippen LogP contribution is 2.41. The van der Waals surface area contributed by atoms with Crippen molar-refractivity contribution in [3.63, 3.8) is 0 Å². The van der Waals surface area contributed by atoms with Crippen LogP contribution >= 0.6 is 0 Å². The number of aromatic nitrogens is 1. The fourth-order valence-electron chi connectivity index (χ4n) is 6.31. The summed E-state index contributed by atoms with van der Waals surface area (Å²) in [6.45, 7) is 0. The van der Waals surface area contributed by atoms with E-state index in [0.29, 0.717) is 5.89 Å². The molecule has 0 bridgehead atoms. The van der Waals surface area contributed by atoms with Gasteiger partial charge >= 0.3 is 0 Å². The lowest BCUT2D eigenvalue weighted by Crippen LogP contribution is -2.09. The zero-order valence-electron chi connectivity index (χ0n) is 23.1. The van der Waals surface area contributed by atoms with Gasteiger partial charge in [-0.2, -0.15) is 0 Å². The van der Waals surface area contributed by atoms with Crippen LogP contribution in [-0.4, -0.2) is 4.98 Å². The molecule has 0 radical (unpaired) electrons. The summed E-state index contributed by atoms with van der Waals surface area (Å²) in [7, 11) is 0. The van der Waals surface area contributed by atoms with Crippen molar-refractivity contribution in [2.75, 3.05) is 4.90 Å². The Balaban J connectivity index is 1.23. The second-order valence-corrected chi connectivity index (χ2v) is 10.8. The molecule has 0 unspecified atom stereocenters. The van der Waals surface area contributed by atoms with Gasteiger partial charge in [-0.3, -0.25) is 0 Å². The number of anilines is 3. The molecule has 2 aromatic heterocycles. The molecule has 0 spiro atoms. The maximum atomic E-state index is 6.57. The second kappa shape index (κ2) is 9.33. The Morgan fingerprint density at radius 2 is 1.05 bits per heavy atom. The van der Waals surface area contributed by atoms with E-state index in [9.17, 15) is 0 Å². The van der Waals surface area contributed by atoms with Crippen LogP contribution in [0.1, 0.15) is 0 Å². The smallest absolute Gasteiger partial charge is 0.227 e. The molecule has 0 atom stereocenters. The lowest BCUT2D eigenvalue weighted by atomic mass is 10.0. The number of rotatable bonds is 4. The summed E-state index contributed by atoms with van der Waals surface area (Å²) in [6.07, 6.45) is 0. The average molecular weight is 553 g/mol. The molecule has 2 heterocycles. The molecule has 4 nitrogen and oxygen atoms in total. The van der Waals surface area contributed by atoms with E-state index < -0.39 is 0 Å². The standard InChI is InChI=1S/C39H24N2O2/c1-2-12-26(13-3-1)41(28-21-22-32-31-17-8-9-20-35(31)42-36(32)24-28)27-14-10-11-25(23-27)39-40-37-33-18-6-4-15-29(33)30-16-5-7-19-34(30)38(37)43-39/h1-24H. The van der Waals surface area contributed by atoms with Gasteiger partial charge < -0.3 is 13.7 Å². The third kappa shape index (κ3) is 3.74. The summed E-state index contributed by atoms with van der Waals surface area (Å²) < 4.78 is 12.8. The highest BCUT2D eigenvalue weighted by molar-refractivity contribution is 6.22. The van der Waals surface area contributed by atoms with Crippen LogP contribution in [0.3, 0.4) is 0 Å². The van der Waals surface area contributed by atoms with E-state index in [0.717, 1.165) is 66.4 Å². The summed E-state index contributed by atoms with van der Waals surface area (Å²) >= 11 is 0. The monoisotopic (exact) mass is 552 g/mol. The minimum absolute atomic E-state index is 0.596. The first-order valence-electron chi connectivity index (χ1n) is 14.4. The van der Waals surface area contributed by atoms with Crippen molar-refractivity contribution in [2.45, 2.75) is 0 Å². The van der Waals surface area contributed by atoms with Gasteiger partial charge in [0.1, 0.15) is 16.7 Å². The molecule has 0 saturated heterocycles. The number of fused-ring (bicyclic) bond motifs is 9. The molecule has 202 valence electrons. The molecule has 0 saturated carbocycles. The van der Waals surface area contributed by atoms with Crippen LogP contribution in [-0.2, 0) is 0 Å². The Hall–Kier alpha value is -5.87. The zero-order chi connectivity index (χ0) is 28.3. The molecule has 0 fully saturated rings. The molecule has 4 heteroatoms. The van der Waals surface area contributed by atoms with E-state index in [1.807, 2.05) is 24.3 Å². The largest absolute Gasteiger partial charge is 0.456 e. The SMILES string of the molecule is c1ccc(N(c2cccc(-c3nc4c5ccccc5c5ccccc5c4o3)c2)c2ccc3c(c2)oc2ccccc23)cc1. The molecular formula is C39H24N2O2. The predicted octanol–water partition coefficient (Wildman–Crippen LogP) is 11.2. The third-order valence-electron chi connectivity index (χ3n) is 8.26. The van der Waals surface area contributed by atoms with Crippen LogP contribution in [0.4, 0.5) is 17.1 Å². The summed E-state index contributed by atoms with van der Waals surface area (Å²) in [5, 5.41) is 6.72. The summed E-state index contributed by atoms with van der Waals surface area (Å²) in [4.78, 5) is 7.31. The minimum Gasteiger partial charge on any atom is -0.456 e. The molecule has 43 heavy (non-hydrogen) atoms. The number of hydrogen-bond donors (Lipinski definition) is 0. The molecule has 0 aliphatic carbocycles. The fraction of sp³-hybridized carbons (Fsp3) is 0. The number of oxazole rings is 1. The number of furan rings is 1. The van der Waals surface area contributed by atoms with Crippen molar-refractivity contribution >= 4 is 71.6 Å². The zero-order valence-corrected chi connectivity index (χ0v) is 23.1. The van der Waals surface area contributed by atoms with E-state index in [1.54, 1.807) is 0 Å². The minimum atomic E-state index is 0.596. The van der Waals surface area contributed by atoms with Crippen LogP contribution in [0.5, 0.6) is 0 Å². The Labute approximate surface area is 247 Å². The lowest BCUT2D eigenvalue weighted by Gasteiger charge is -2.25. The molecule has 0 aliphatic rings. The number of benzene rings is 7. The second-order valence-electron chi connectivity index (χ2n) is 10.8. The number of nitrogens with zero attached hydrogens (tertiary/aromatic N) is 2. The third-order valence-corrected chi connectivity index (χ3v) is 8.26. The van der Waals surface area contributed by atoms with Crippen LogP contribution in [0.2, 0.25) is 0 Å². The number of hydrogen-bond acceptors (Lipinski definition) is 4. The normalized spacial score (nSPS) is 11.7. The van der Waals surface area contributed by atoms with Crippen LogP contribution in [0.15, 0.2) is 154 Å². The topological polar surface area (TPSA) is 42.4 Å². The number of para-hydroxylation sites is 2. The van der Waals surface area contributed by atoms with Crippen molar-refractivity contribution in [2.24, 2.45) is 0 Å². The Bertz CT molecular complexity index is 2400. The molecule has 7 aromatic carbocycles. The van der Waals surface area contributed by atoms with Gasteiger partial charge in [-0.25, -0.2) is 4.98 Å². The van der Waals surface area contributed by atoms with Gasteiger partial charge in [-0.05, 0) is 59.3 Å². The van der Waals surface area contributed by atoms with E-state index in [-0.39, 0.29) is 0 Å². The van der Waals surface area contributed by atoms with Crippen molar-refractivity contribution in [3.8, 4) is 11.5 Å². The van der Waals surface area contributed by atoms with Crippen molar-refractivity contribution < 1.29 is 8.83 Å². The van der Waals surface area contributed by atoms with E-state index in [4.69, 9.17) is 13.8 Å². The Morgan fingerprint density at radius 3 is 1.88 bits per heavy atom. The van der Waals surface area contributed by atoms with Gasteiger partial charge in [-0.15, -0.1) is 0 Å².